The summed E-state index contributed by atoms with van der Waals surface area (Å²) in [6.07, 6.45) is 3.39. The van der Waals surface area contributed by atoms with Crippen LogP contribution in [0.25, 0.3) is 10.2 Å². The minimum Gasteiger partial charge on any atom is -0.358 e. The van der Waals surface area contributed by atoms with Gasteiger partial charge in [-0.25, -0.2) is 9.97 Å². The van der Waals surface area contributed by atoms with E-state index in [-0.39, 0.29) is 11.9 Å². The molecule has 4 rings (SSSR count). The van der Waals surface area contributed by atoms with Gasteiger partial charge in [0.25, 0.3) is 0 Å². The number of thiophene rings is 1. The lowest BCUT2D eigenvalue weighted by atomic mass is 10.2. The van der Waals surface area contributed by atoms with Crippen molar-refractivity contribution < 1.29 is 4.79 Å². The van der Waals surface area contributed by atoms with Crippen molar-refractivity contribution >= 4 is 33.3 Å². The molecule has 1 N–H and O–H groups in total. The second-order valence-electron chi connectivity index (χ2n) is 7.47. The van der Waals surface area contributed by atoms with Crippen LogP contribution in [0.15, 0.2) is 30.7 Å². The predicted octanol–water partition coefficient (Wildman–Crippen LogP) is 2.85. The van der Waals surface area contributed by atoms with E-state index in [9.17, 15) is 4.79 Å². The summed E-state index contributed by atoms with van der Waals surface area (Å²) in [5.41, 5.74) is 2.24. The van der Waals surface area contributed by atoms with Crippen molar-refractivity contribution in [2.45, 2.75) is 33.4 Å². The van der Waals surface area contributed by atoms with Gasteiger partial charge in [0, 0.05) is 43.8 Å². The Balaban J connectivity index is 1.37. The molecule has 0 spiro atoms. The van der Waals surface area contributed by atoms with Crippen LogP contribution in [-0.4, -0.2) is 62.9 Å². The summed E-state index contributed by atoms with van der Waals surface area (Å²) in [7, 11) is 0. The summed E-state index contributed by atoms with van der Waals surface area (Å²) in [4.78, 5) is 32.6. The highest BCUT2D eigenvalue weighted by molar-refractivity contribution is 7.18. The maximum atomic E-state index is 13.0. The summed E-state index contributed by atoms with van der Waals surface area (Å²) in [5, 5.41) is 4.35. The van der Waals surface area contributed by atoms with E-state index in [1.54, 1.807) is 17.7 Å². The zero-order chi connectivity index (χ0) is 20.4. The highest BCUT2D eigenvalue weighted by atomic mass is 32.1. The number of pyridine rings is 1. The van der Waals surface area contributed by atoms with E-state index < -0.39 is 0 Å². The second-order valence-corrected chi connectivity index (χ2v) is 8.68. The first-order valence-corrected chi connectivity index (χ1v) is 10.7. The van der Waals surface area contributed by atoms with Gasteiger partial charge in [-0.1, -0.05) is 6.07 Å². The van der Waals surface area contributed by atoms with Crippen LogP contribution in [0, 0.1) is 13.8 Å². The number of fused-ring (bicyclic) bond motifs is 1. The quantitative estimate of drug-likeness (QED) is 0.697. The Morgan fingerprint density at radius 2 is 1.97 bits per heavy atom. The molecule has 1 aliphatic rings. The standard InChI is InChI=1S/C21H26N6OS/c1-14-16(3)29-20-18(14)19(23-13-24-20)25-15(2)21(28)27-10-8-26(9-11-27)12-17-6-4-5-7-22-17/h4-7,13,15H,8-12H2,1-3H3,(H,23,24,25)/t15-/m0/s1. The number of hydrogen-bond acceptors (Lipinski definition) is 7. The van der Waals surface area contributed by atoms with Gasteiger partial charge >= 0.3 is 0 Å². The zero-order valence-electron chi connectivity index (χ0n) is 17.1. The number of amides is 1. The monoisotopic (exact) mass is 410 g/mol. The molecule has 0 radical (unpaired) electrons. The van der Waals surface area contributed by atoms with Gasteiger partial charge < -0.3 is 10.2 Å². The second kappa shape index (κ2) is 8.42. The van der Waals surface area contributed by atoms with Crippen molar-refractivity contribution in [3.8, 4) is 0 Å². The number of hydrogen-bond donors (Lipinski definition) is 1. The topological polar surface area (TPSA) is 74.2 Å². The van der Waals surface area contributed by atoms with Crippen molar-refractivity contribution in [2.24, 2.45) is 0 Å². The third-order valence-electron chi connectivity index (χ3n) is 5.48. The Kier molecular flexibility index (Phi) is 5.73. The number of rotatable bonds is 5. The minimum atomic E-state index is -0.338. The summed E-state index contributed by atoms with van der Waals surface area (Å²) in [6, 6.07) is 5.64. The Morgan fingerprint density at radius 3 is 2.69 bits per heavy atom. The first-order valence-electron chi connectivity index (χ1n) is 9.91. The smallest absolute Gasteiger partial charge is 0.244 e. The van der Waals surface area contributed by atoms with Crippen LogP contribution in [0.5, 0.6) is 0 Å². The number of aromatic nitrogens is 3. The molecular weight excluding hydrogens is 384 g/mol. The largest absolute Gasteiger partial charge is 0.358 e. The van der Waals surface area contributed by atoms with E-state index in [0.717, 1.165) is 54.5 Å². The average Bonchev–Trinajstić information content (AvgIpc) is 3.03. The molecule has 29 heavy (non-hydrogen) atoms. The number of aryl methyl sites for hydroxylation is 2. The first kappa shape index (κ1) is 19.7. The van der Waals surface area contributed by atoms with E-state index in [2.05, 4.69) is 39.0 Å². The molecule has 3 aromatic rings. The number of piperazine rings is 1. The third-order valence-corrected chi connectivity index (χ3v) is 6.60. The fourth-order valence-electron chi connectivity index (χ4n) is 3.68. The number of anilines is 1. The van der Waals surface area contributed by atoms with Gasteiger partial charge in [-0.15, -0.1) is 11.3 Å². The molecule has 3 aromatic heterocycles. The fourth-order valence-corrected chi connectivity index (χ4v) is 4.68. The Morgan fingerprint density at radius 1 is 1.17 bits per heavy atom. The minimum absolute atomic E-state index is 0.110. The lowest BCUT2D eigenvalue weighted by molar-refractivity contribution is -0.133. The molecular formula is C21H26N6OS. The number of carbonyl (C=O) groups is 1. The SMILES string of the molecule is Cc1sc2ncnc(N[C@@H](C)C(=O)N3CCN(Cc4ccccn4)CC3)c2c1C. The van der Waals surface area contributed by atoms with Crippen LogP contribution >= 0.6 is 11.3 Å². The maximum absolute atomic E-state index is 13.0. The summed E-state index contributed by atoms with van der Waals surface area (Å²) >= 11 is 1.66. The highest BCUT2D eigenvalue weighted by Gasteiger charge is 2.26. The molecule has 8 heteroatoms. The van der Waals surface area contributed by atoms with Crippen molar-refractivity contribution in [1.29, 1.82) is 0 Å². The molecule has 1 atom stereocenters. The Labute approximate surface area is 174 Å². The molecule has 0 aliphatic carbocycles. The van der Waals surface area contributed by atoms with Gasteiger partial charge in [0.05, 0.1) is 11.1 Å². The lowest BCUT2D eigenvalue weighted by Gasteiger charge is -2.36. The third kappa shape index (κ3) is 4.23. The molecule has 4 heterocycles. The van der Waals surface area contributed by atoms with Crippen LogP contribution in [0.3, 0.4) is 0 Å². The van der Waals surface area contributed by atoms with Crippen LogP contribution in [0.1, 0.15) is 23.1 Å². The van der Waals surface area contributed by atoms with E-state index in [4.69, 9.17) is 0 Å². The van der Waals surface area contributed by atoms with Crippen LogP contribution in [0.4, 0.5) is 5.82 Å². The van der Waals surface area contributed by atoms with Gasteiger partial charge in [-0.05, 0) is 38.5 Å². The van der Waals surface area contributed by atoms with E-state index in [1.807, 2.05) is 36.2 Å². The van der Waals surface area contributed by atoms with Gasteiger partial charge in [0.1, 0.15) is 23.0 Å². The summed E-state index contributed by atoms with van der Waals surface area (Å²) < 4.78 is 0. The summed E-state index contributed by atoms with van der Waals surface area (Å²) in [6.45, 7) is 10.1. The van der Waals surface area contributed by atoms with Gasteiger partial charge in [0.2, 0.25) is 5.91 Å². The molecule has 1 saturated heterocycles. The molecule has 0 bridgehead atoms. The Hall–Kier alpha value is -2.58. The van der Waals surface area contributed by atoms with Crippen LogP contribution < -0.4 is 5.32 Å². The first-order chi connectivity index (χ1) is 14.0. The molecule has 1 fully saturated rings. The van der Waals surface area contributed by atoms with Crippen molar-refractivity contribution in [2.75, 3.05) is 31.5 Å². The van der Waals surface area contributed by atoms with Crippen molar-refractivity contribution in [3.63, 3.8) is 0 Å². The number of carbonyl (C=O) groups excluding carboxylic acids is 1. The van der Waals surface area contributed by atoms with Crippen molar-refractivity contribution in [3.05, 3.63) is 46.9 Å². The maximum Gasteiger partial charge on any atom is 0.244 e. The van der Waals surface area contributed by atoms with E-state index >= 15 is 0 Å². The fraction of sp³-hybridized carbons (Fsp3) is 0.429. The lowest BCUT2D eigenvalue weighted by Crippen LogP contribution is -2.52. The average molecular weight is 411 g/mol. The normalized spacial score (nSPS) is 16.2. The molecule has 7 nitrogen and oxygen atoms in total. The van der Waals surface area contributed by atoms with Crippen molar-refractivity contribution in [1.82, 2.24) is 24.8 Å². The van der Waals surface area contributed by atoms with E-state index in [1.165, 1.54) is 10.4 Å². The predicted molar refractivity (Wildman–Crippen MR) is 116 cm³/mol. The number of nitrogens with zero attached hydrogens (tertiary/aromatic N) is 5. The van der Waals surface area contributed by atoms with Crippen LogP contribution in [-0.2, 0) is 11.3 Å². The molecule has 0 aromatic carbocycles. The molecule has 1 aliphatic heterocycles. The molecule has 152 valence electrons. The molecule has 0 unspecified atom stereocenters. The highest BCUT2D eigenvalue weighted by Crippen LogP contribution is 2.32. The van der Waals surface area contributed by atoms with Gasteiger partial charge in [-0.2, -0.15) is 0 Å². The Bertz CT molecular complexity index is 997. The molecule has 0 saturated carbocycles. The van der Waals surface area contributed by atoms with E-state index in [0.29, 0.717) is 0 Å². The van der Waals surface area contributed by atoms with Gasteiger partial charge in [0.15, 0.2) is 0 Å². The number of nitrogens with one attached hydrogen (secondary N) is 1. The van der Waals surface area contributed by atoms with Gasteiger partial charge in [-0.3, -0.25) is 14.7 Å². The molecule has 1 amide bonds. The van der Waals surface area contributed by atoms with Crippen LogP contribution in [0.2, 0.25) is 0 Å². The zero-order valence-corrected chi connectivity index (χ0v) is 17.9. The summed E-state index contributed by atoms with van der Waals surface area (Å²) in [5.74, 6) is 0.852.